The zero-order valence-corrected chi connectivity index (χ0v) is 9.80. The van der Waals surface area contributed by atoms with Crippen molar-refractivity contribution in [1.82, 2.24) is 5.32 Å². The first-order valence-electron chi connectivity index (χ1n) is 4.97. The number of hydrogen-bond donors (Lipinski definition) is 3. The second-order valence-corrected chi connectivity index (χ2v) is 3.66. The van der Waals surface area contributed by atoms with E-state index in [1.165, 1.54) is 0 Å². The zero-order chi connectivity index (χ0) is 12.0. The number of hydrogen-bond acceptors (Lipinski definition) is 2. The van der Waals surface area contributed by atoms with E-state index in [1.807, 2.05) is 19.1 Å². The number of aliphatic carboxylic acids is 1. The standard InChI is InChI=1S/C11H14N2O2S/c1-2-12-11(16)13-9-5-3-8(4-6-9)7-10(14)15/h3-6H,2,7H2,1H3,(H,14,15)(H2,12,13,16). The van der Waals surface area contributed by atoms with Gasteiger partial charge in [-0.15, -0.1) is 0 Å². The van der Waals surface area contributed by atoms with E-state index in [2.05, 4.69) is 10.6 Å². The topological polar surface area (TPSA) is 61.4 Å². The summed E-state index contributed by atoms with van der Waals surface area (Å²) < 4.78 is 0. The molecule has 0 fully saturated rings. The lowest BCUT2D eigenvalue weighted by molar-refractivity contribution is -0.136. The minimum absolute atomic E-state index is 0.0396. The molecule has 0 amide bonds. The van der Waals surface area contributed by atoms with E-state index < -0.39 is 5.97 Å². The van der Waals surface area contributed by atoms with Crippen LogP contribution < -0.4 is 10.6 Å². The summed E-state index contributed by atoms with van der Waals surface area (Å²) in [6, 6.07) is 7.15. The molecule has 86 valence electrons. The molecule has 0 saturated heterocycles. The van der Waals surface area contributed by atoms with Gasteiger partial charge in [0.2, 0.25) is 0 Å². The average Bonchev–Trinajstić information content (AvgIpc) is 2.20. The third-order valence-electron chi connectivity index (χ3n) is 1.90. The van der Waals surface area contributed by atoms with E-state index in [1.54, 1.807) is 12.1 Å². The van der Waals surface area contributed by atoms with E-state index in [9.17, 15) is 4.79 Å². The van der Waals surface area contributed by atoms with Gasteiger partial charge in [0.15, 0.2) is 5.11 Å². The first-order chi connectivity index (χ1) is 7.61. The largest absolute Gasteiger partial charge is 0.481 e. The molecule has 4 nitrogen and oxygen atoms in total. The second kappa shape index (κ2) is 6.07. The fourth-order valence-corrected chi connectivity index (χ4v) is 1.48. The predicted molar refractivity (Wildman–Crippen MR) is 67.7 cm³/mol. The molecule has 0 aliphatic carbocycles. The van der Waals surface area contributed by atoms with Gasteiger partial charge in [0.25, 0.3) is 0 Å². The van der Waals surface area contributed by atoms with Gasteiger partial charge in [0.1, 0.15) is 0 Å². The van der Waals surface area contributed by atoms with Crippen molar-refractivity contribution in [1.29, 1.82) is 0 Å². The van der Waals surface area contributed by atoms with Crippen LogP contribution in [0.2, 0.25) is 0 Å². The van der Waals surface area contributed by atoms with Crippen LogP contribution in [0.4, 0.5) is 5.69 Å². The van der Waals surface area contributed by atoms with Gasteiger partial charge in [-0.05, 0) is 36.8 Å². The number of thiocarbonyl (C=S) groups is 1. The molecular formula is C11H14N2O2S. The SMILES string of the molecule is CCNC(=S)Nc1ccc(CC(=O)O)cc1. The molecule has 0 unspecified atom stereocenters. The summed E-state index contributed by atoms with van der Waals surface area (Å²) in [5.41, 5.74) is 1.62. The highest BCUT2D eigenvalue weighted by Gasteiger charge is 2.00. The molecule has 0 saturated carbocycles. The van der Waals surface area contributed by atoms with Gasteiger partial charge in [0, 0.05) is 12.2 Å². The summed E-state index contributed by atoms with van der Waals surface area (Å²) in [6.07, 6.45) is 0.0396. The Bertz CT molecular complexity index is 376. The molecule has 1 aromatic carbocycles. The van der Waals surface area contributed by atoms with Crippen molar-refractivity contribution in [2.75, 3.05) is 11.9 Å². The fraction of sp³-hybridized carbons (Fsp3) is 0.273. The number of benzene rings is 1. The van der Waals surface area contributed by atoms with Crippen LogP contribution in [0.15, 0.2) is 24.3 Å². The van der Waals surface area contributed by atoms with Crippen LogP contribution in [0.25, 0.3) is 0 Å². The summed E-state index contributed by atoms with van der Waals surface area (Å²) in [7, 11) is 0. The van der Waals surface area contributed by atoms with Crippen LogP contribution in [0.1, 0.15) is 12.5 Å². The van der Waals surface area contributed by atoms with Gasteiger partial charge < -0.3 is 15.7 Å². The second-order valence-electron chi connectivity index (χ2n) is 3.25. The number of carboxylic acids is 1. The summed E-state index contributed by atoms with van der Waals surface area (Å²) >= 11 is 5.02. The Hall–Kier alpha value is -1.62. The van der Waals surface area contributed by atoms with Gasteiger partial charge >= 0.3 is 5.97 Å². The molecule has 1 rings (SSSR count). The van der Waals surface area contributed by atoms with Gasteiger partial charge in [0.05, 0.1) is 6.42 Å². The molecule has 0 atom stereocenters. The highest BCUT2D eigenvalue weighted by molar-refractivity contribution is 7.80. The van der Waals surface area contributed by atoms with Crippen LogP contribution in [0.5, 0.6) is 0 Å². The molecule has 0 aliphatic rings. The summed E-state index contributed by atoms with van der Waals surface area (Å²) in [5, 5.41) is 15.1. The minimum Gasteiger partial charge on any atom is -0.481 e. The molecular weight excluding hydrogens is 224 g/mol. The maximum atomic E-state index is 10.5. The quantitative estimate of drug-likeness (QED) is 0.696. The highest BCUT2D eigenvalue weighted by atomic mass is 32.1. The Kier molecular flexibility index (Phi) is 4.72. The Morgan fingerprint density at radius 3 is 2.50 bits per heavy atom. The molecule has 0 spiro atoms. The van der Waals surface area contributed by atoms with Gasteiger partial charge in [-0.3, -0.25) is 4.79 Å². The lowest BCUT2D eigenvalue weighted by atomic mass is 10.1. The maximum Gasteiger partial charge on any atom is 0.307 e. The molecule has 5 heteroatoms. The Morgan fingerprint density at radius 1 is 1.38 bits per heavy atom. The molecule has 16 heavy (non-hydrogen) atoms. The monoisotopic (exact) mass is 238 g/mol. The summed E-state index contributed by atoms with van der Waals surface area (Å²) in [6.45, 7) is 2.73. The third-order valence-corrected chi connectivity index (χ3v) is 2.15. The lowest BCUT2D eigenvalue weighted by Crippen LogP contribution is -2.27. The van der Waals surface area contributed by atoms with Crippen LogP contribution in [0, 0.1) is 0 Å². The van der Waals surface area contributed by atoms with E-state index >= 15 is 0 Å². The number of carbonyl (C=O) groups is 1. The van der Waals surface area contributed by atoms with Crippen molar-refractivity contribution in [2.45, 2.75) is 13.3 Å². The average molecular weight is 238 g/mol. The van der Waals surface area contributed by atoms with E-state index in [4.69, 9.17) is 17.3 Å². The number of anilines is 1. The molecule has 0 bridgehead atoms. The van der Waals surface area contributed by atoms with Crippen molar-refractivity contribution in [2.24, 2.45) is 0 Å². The van der Waals surface area contributed by atoms with Gasteiger partial charge in [-0.2, -0.15) is 0 Å². The zero-order valence-electron chi connectivity index (χ0n) is 8.99. The number of rotatable bonds is 4. The van der Waals surface area contributed by atoms with Gasteiger partial charge in [-0.1, -0.05) is 12.1 Å². The van der Waals surface area contributed by atoms with Crippen molar-refractivity contribution in [3.05, 3.63) is 29.8 Å². The summed E-state index contributed by atoms with van der Waals surface area (Å²) in [4.78, 5) is 10.5. The van der Waals surface area contributed by atoms with Crippen LogP contribution in [-0.4, -0.2) is 22.7 Å². The maximum absolute atomic E-state index is 10.5. The molecule has 0 heterocycles. The van der Waals surface area contributed by atoms with Crippen molar-refractivity contribution in [3.63, 3.8) is 0 Å². The lowest BCUT2D eigenvalue weighted by Gasteiger charge is -2.08. The first-order valence-corrected chi connectivity index (χ1v) is 5.38. The van der Waals surface area contributed by atoms with Crippen molar-refractivity contribution in [3.8, 4) is 0 Å². The van der Waals surface area contributed by atoms with Crippen molar-refractivity contribution < 1.29 is 9.90 Å². The Labute approximate surface area is 99.7 Å². The van der Waals surface area contributed by atoms with E-state index in [-0.39, 0.29) is 6.42 Å². The predicted octanol–water partition coefficient (Wildman–Crippen LogP) is 1.62. The minimum atomic E-state index is -0.830. The Morgan fingerprint density at radius 2 is 2.00 bits per heavy atom. The molecule has 1 aromatic rings. The van der Waals surface area contributed by atoms with Crippen molar-refractivity contribution >= 4 is 29.0 Å². The number of nitrogens with one attached hydrogen (secondary N) is 2. The molecule has 3 N–H and O–H groups in total. The third kappa shape index (κ3) is 4.27. The molecule has 0 radical (unpaired) electrons. The highest BCUT2D eigenvalue weighted by Crippen LogP contribution is 2.09. The van der Waals surface area contributed by atoms with Gasteiger partial charge in [-0.25, -0.2) is 0 Å². The normalized spacial score (nSPS) is 9.56. The van der Waals surface area contributed by atoms with Crippen LogP contribution in [0.3, 0.4) is 0 Å². The van der Waals surface area contributed by atoms with Crippen LogP contribution in [-0.2, 0) is 11.2 Å². The smallest absolute Gasteiger partial charge is 0.307 e. The molecule has 0 aliphatic heterocycles. The van der Waals surface area contributed by atoms with E-state index in [0.29, 0.717) is 5.11 Å². The number of carboxylic acid groups (broad SMARTS) is 1. The van der Waals surface area contributed by atoms with Crippen LogP contribution >= 0.6 is 12.2 Å². The summed E-state index contributed by atoms with van der Waals surface area (Å²) in [5.74, 6) is -0.830. The molecule has 0 aromatic heterocycles. The Balaban J connectivity index is 2.57. The fourth-order valence-electron chi connectivity index (χ4n) is 1.22. The van der Waals surface area contributed by atoms with E-state index in [0.717, 1.165) is 17.8 Å². The first kappa shape index (κ1) is 12.4.